The number of allylic oxidation sites excluding steroid dienone is 1. The number of esters is 1. The second-order valence-corrected chi connectivity index (χ2v) is 8.20. The monoisotopic (exact) mass is 419 g/mol. The molecule has 1 aliphatic carbocycles. The van der Waals surface area contributed by atoms with Crippen molar-refractivity contribution in [3.8, 4) is 0 Å². The molecule has 0 unspecified atom stereocenters. The van der Waals surface area contributed by atoms with Gasteiger partial charge in [-0.3, -0.25) is 4.79 Å². The Balaban J connectivity index is 1.63. The molecule has 1 amide bonds. The predicted octanol–water partition coefficient (Wildman–Crippen LogP) is 4.74. The first-order valence-corrected chi connectivity index (χ1v) is 10.7. The van der Waals surface area contributed by atoms with Crippen molar-refractivity contribution in [1.29, 1.82) is 0 Å². The van der Waals surface area contributed by atoms with E-state index < -0.39 is 17.9 Å². The molecule has 0 bridgehead atoms. The van der Waals surface area contributed by atoms with Crippen molar-refractivity contribution in [2.75, 3.05) is 13.7 Å². The maximum Gasteiger partial charge on any atom is 0.349 e. The van der Waals surface area contributed by atoms with E-state index in [2.05, 4.69) is 11.4 Å². The number of hydrogen-bond donors (Lipinski definition) is 1. The van der Waals surface area contributed by atoms with Crippen molar-refractivity contribution in [3.63, 3.8) is 0 Å². The van der Waals surface area contributed by atoms with Crippen LogP contribution in [0.4, 0.5) is 4.39 Å². The van der Waals surface area contributed by atoms with Crippen LogP contribution in [0.3, 0.4) is 0 Å². The number of halogens is 1. The number of carbonyl (C=O) groups excluding carboxylic acids is 2. The van der Waals surface area contributed by atoms with Gasteiger partial charge in [0.05, 0.1) is 6.61 Å². The molecule has 156 valence electrons. The van der Waals surface area contributed by atoms with Crippen LogP contribution >= 0.6 is 11.3 Å². The zero-order valence-corrected chi connectivity index (χ0v) is 17.6. The van der Waals surface area contributed by atoms with Gasteiger partial charge >= 0.3 is 5.97 Å². The molecule has 29 heavy (non-hydrogen) atoms. The largest absolute Gasteiger partial charge is 0.448 e. The van der Waals surface area contributed by atoms with Gasteiger partial charge in [0.1, 0.15) is 10.7 Å². The standard InChI is InChI=1S/C22H26FNO4S/c1-14(21(25)24-12-11-15-7-4-3-5-8-15)28-22(26)20-16(13-27-2)19-17(23)9-6-10-18(19)29-20/h6-7,9-10,14H,3-5,8,11-13H2,1-2H3,(H,24,25)/t14-/m1/s1. The maximum atomic E-state index is 14.3. The maximum absolute atomic E-state index is 14.3. The van der Waals surface area contributed by atoms with Gasteiger partial charge in [-0.2, -0.15) is 0 Å². The highest BCUT2D eigenvalue weighted by Crippen LogP contribution is 2.34. The normalized spacial score (nSPS) is 15.1. The topological polar surface area (TPSA) is 64.6 Å². The smallest absolute Gasteiger partial charge is 0.349 e. The molecular weight excluding hydrogens is 393 g/mol. The third-order valence-electron chi connectivity index (χ3n) is 5.02. The van der Waals surface area contributed by atoms with Crippen molar-refractivity contribution in [3.05, 3.63) is 46.1 Å². The molecule has 1 aromatic carbocycles. The van der Waals surface area contributed by atoms with Gasteiger partial charge in [0, 0.05) is 29.3 Å². The lowest BCUT2D eigenvalue weighted by molar-refractivity contribution is -0.129. The lowest BCUT2D eigenvalue weighted by Crippen LogP contribution is -2.36. The summed E-state index contributed by atoms with van der Waals surface area (Å²) in [5, 5.41) is 3.19. The number of carbonyl (C=O) groups is 2. The van der Waals surface area contributed by atoms with Crippen LogP contribution in [0.1, 0.15) is 54.3 Å². The number of nitrogens with one attached hydrogen (secondary N) is 1. The van der Waals surface area contributed by atoms with Crippen molar-refractivity contribution in [2.45, 2.75) is 51.7 Å². The Morgan fingerprint density at radius 1 is 1.31 bits per heavy atom. The van der Waals surface area contributed by atoms with Crippen LogP contribution in [-0.2, 0) is 20.9 Å². The number of ether oxygens (including phenoxy) is 2. The molecule has 1 aromatic heterocycles. The van der Waals surface area contributed by atoms with Gasteiger partial charge in [0.2, 0.25) is 0 Å². The van der Waals surface area contributed by atoms with Crippen LogP contribution in [0.25, 0.3) is 10.1 Å². The third-order valence-corrected chi connectivity index (χ3v) is 6.20. The molecule has 0 saturated heterocycles. The fraction of sp³-hybridized carbons (Fsp3) is 0.455. The molecule has 1 N–H and O–H groups in total. The Bertz CT molecular complexity index is 921. The molecule has 1 atom stereocenters. The summed E-state index contributed by atoms with van der Waals surface area (Å²) in [6, 6.07) is 4.69. The Hall–Kier alpha value is -2.25. The molecule has 1 aliphatic rings. The van der Waals surface area contributed by atoms with E-state index in [0.717, 1.165) is 30.6 Å². The molecule has 2 aromatic rings. The molecule has 7 heteroatoms. The van der Waals surface area contributed by atoms with Crippen molar-refractivity contribution in [2.24, 2.45) is 0 Å². The second-order valence-electron chi connectivity index (χ2n) is 7.15. The highest BCUT2D eigenvalue weighted by atomic mass is 32.1. The molecule has 5 nitrogen and oxygen atoms in total. The summed E-state index contributed by atoms with van der Waals surface area (Å²) in [4.78, 5) is 25.2. The van der Waals surface area contributed by atoms with E-state index in [0.29, 0.717) is 22.2 Å². The van der Waals surface area contributed by atoms with Gasteiger partial charge in [0.25, 0.3) is 5.91 Å². The summed E-state index contributed by atoms with van der Waals surface area (Å²) >= 11 is 1.14. The van der Waals surface area contributed by atoms with Crippen LogP contribution in [0.5, 0.6) is 0 Å². The molecular formula is C22H26FNO4S. The number of methoxy groups -OCH3 is 1. The lowest BCUT2D eigenvalue weighted by atomic mass is 9.97. The van der Waals surface area contributed by atoms with Gasteiger partial charge in [-0.1, -0.05) is 17.7 Å². The van der Waals surface area contributed by atoms with Crippen LogP contribution < -0.4 is 5.32 Å². The Labute approximate surface area is 173 Å². The highest BCUT2D eigenvalue weighted by molar-refractivity contribution is 7.21. The number of benzene rings is 1. The minimum Gasteiger partial charge on any atom is -0.448 e. The first kappa shape index (κ1) is 21.5. The Kier molecular flexibility index (Phi) is 7.39. The van der Waals surface area contributed by atoms with E-state index >= 15 is 0 Å². The highest BCUT2D eigenvalue weighted by Gasteiger charge is 2.25. The summed E-state index contributed by atoms with van der Waals surface area (Å²) in [6.45, 7) is 2.15. The van der Waals surface area contributed by atoms with Crippen LogP contribution in [0.15, 0.2) is 29.8 Å². The minimum absolute atomic E-state index is 0.0844. The first-order chi connectivity index (χ1) is 14.0. The molecule has 0 radical (unpaired) electrons. The number of rotatable bonds is 8. The average molecular weight is 420 g/mol. The van der Waals surface area contributed by atoms with Gasteiger partial charge in [-0.25, -0.2) is 9.18 Å². The zero-order chi connectivity index (χ0) is 20.8. The van der Waals surface area contributed by atoms with E-state index in [1.54, 1.807) is 12.1 Å². The van der Waals surface area contributed by atoms with Crippen LogP contribution in [-0.4, -0.2) is 31.6 Å². The Morgan fingerprint density at radius 2 is 2.14 bits per heavy atom. The molecule has 0 aliphatic heterocycles. The SMILES string of the molecule is COCc1c(C(=O)O[C@H](C)C(=O)NCCC2=CCCCC2)sc2cccc(F)c12. The predicted molar refractivity (Wildman–Crippen MR) is 112 cm³/mol. The first-order valence-electron chi connectivity index (χ1n) is 9.86. The van der Waals surface area contributed by atoms with E-state index in [-0.39, 0.29) is 17.4 Å². The molecule has 0 fully saturated rings. The molecule has 3 rings (SSSR count). The minimum atomic E-state index is -0.937. The van der Waals surface area contributed by atoms with Gasteiger partial charge in [-0.15, -0.1) is 11.3 Å². The average Bonchev–Trinajstić information content (AvgIpc) is 3.09. The van der Waals surface area contributed by atoms with E-state index in [9.17, 15) is 14.0 Å². The summed E-state index contributed by atoms with van der Waals surface area (Å²) in [6.07, 6.45) is 6.76. The quantitative estimate of drug-likeness (QED) is 0.496. The molecule has 1 heterocycles. The third kappa shape index (κ3) is 5.22. The second kappa shape index (κ2) is 9.98. The van der Waals surface area contributed by atoms with E-state index in [1.165, 1.54) is 38.5 Å². The van der Waals surface area contributed by atoms with Gasteiger partial charge < -0.3 is 14.8 Å². The van der Waals surface area contributed by atoms with Gasteiger partial charge in [0.15, 0.2) is 6.10 Å². The Morgan fingerprint density at radius 3 is 2.86 bits per heavy atom. The lowest BCUT2D eigenvalue weighted by Gasteiger charge is -2.15. The van der Waals surface area contributed by atoms with E-state index in [1.807, 2.05) is 0 Å². The van der Waals surface area contributed by atoms with Crippen molar-refractivity contribution >= 4 is 33.3 Å². The number of fused-ring (bicyclic) bond motifs is 1. The zero-order valence-electron chi connectivity index (χ0n) is 16.8. The molecule has 0 saturated carbocycles. The van der Waals surface area contributed by atoms with Crippen LogP contribution in [0, 0.1) is 5.82 Å². The van der Waals surface area contributed by atoms with Crippen LogP contribution in [0.2, 0.25) is 0 Å². The summed E-state index contributed by atoms with van der Waals surface area (Å²) in [5.41, 5.74) is 1.82. The number of thiophene rings is 1. The fourth-order valence-electron chi connectivity index (χ4n) is 3.50. The number of hydrogen-bond acceptors (Lipinski definition) is 5. The van der Waals surface area contributed by atoms with E-state index in [4.69, 9.17) is 9.47 Å². The van der Waals surface area contributed by atoms with Gasteiger partial charge in [-0.05, 0) is 51.2 Å². The summed E-state index contributed by atoms with van der Waals surface area (Å²) < 4.78 is 25.4. The van der Waals surface area contributed by atoms with Crippen molar-refractivity contribution in [1.82, 2.24) is 5.32 Å². The summed E-state index contributed by atoms with van der Waals surface area (Å²) in [5.74, 6) is -1.39. The fourth-order valence-corrected chi connectivity index (χ4v) is 4.61. The number of amides is 1. The van der Waals surface area contributed by atoms with Crippen molar-refractivity contribution < 1.29 is 23.5 Å². The molecule has 0 spiro atoms. The summed E-state index contributed by atoms with van der Waals surface area (Å²) in [7, 11) is 1.48.